The first-order chi connectivity index (χ1) is 10.6. The Bertz CT molecular complexity index is 874. The summed E-state index contributed by atoms with van der Waals surface area (Å²) >= 11 is 5.88. The first-order valence-corrected chi connectivity index (χ1v) is 7.55. The van der Waals surface area contributed by atoms with Gasteiger partial charge >= 0.3 is 10.4 Å². The van der Waals surface area contributed by atoms with Gasteiger partial charge in [-0.25, -0.2) is 9.86 Å². The molecule has 1 unspecified atom stereocenters. The highest BCUT2D eigenvalue weighted by Crippen LogP contribution is 2.43. The Morgan fingerprint density at radius 1 is 1.48 bits per heavy atom. The molecule has 0 radical (unpaired) electrons. The van der Waals surface area contributed by atoms with Crippen molar-refractivity contribution in [3.8, 4) is 0 Å². The average molecular weight is 363 g/mol. The SMILES string of the molecule is CC1C(=C=O)C(=O)c2c([N+](=O)[O-])ccc(Cl)c2N1OS(=O)(=O)O. The molecule has 23 heavy (non-hydrogen) atoms. The average Bonchev–Trinajstić information content (AvgIpc) is 2.42. The van der Waals surface area contributed by atoms with Gasteiger partial charge in [0, 0.05) is 6.07 Å². The summed E-state index contributed by atoms with van der Waals surface area (Å²) in [5.74, 6) is 0.264. The van der Waals surface area contributed by atoms with Crippen LogP contribution < -0.4 is 5.06 Å². The van der Waals surface area contributed by atoms with Gasteiger partial charge in [0.2, 0.25) is 5.78 Å². The molecular weight excluding hydrogens is 356 g/mol. The molecule has 1 heterocycles. The second-order valence-corrected chi connectivity index (χ2v) is 5.81. The van der Waals surface area contributed by atoms with Crippen LogP contribution in [0, 0.1) is 10.1 Å². The van der Waals surface area contributed by atoms with Crippen LogP contribution in [0.25, 0.3) is 0 Å². The summed E-state index contributed by atoms with van der Waals surface area (Å²) in [6, 6.07) is 0.659. The van der Waals surface area contributed by atoms with Crippen LogP contribution in [-0.2, 0) is 19.5 Å². The maximum atomic E-state index is 12.3. The van der Waals surface area contributed by atoms with E-state index in [0.29, 0.717) is 5.06 Å². The number of hydrogen-bond donors (Lipinski definition) is 1. The van der Waals surface area contributed by atoms with Gasteiger partial charge in [-0.05, 0) is 13.0 Å². The molecule has 0 aliphatic carbocycles. The molecule has 1 aromatic rings. The second kappa shape index (κ2) is 5.72. The van der Waals surface area contributed by atoms with Gasteiger partial charge in [-0.3, -0.25) is 19.5 Å². The number of hydrogen-bond acceptors (Lipinski definition) is 8. The summed E-state index contributed by atoms with van der Waals surface area (Å²) in [7, 11) is -5.06. The van der Waals surface area contributed by atoms with Crippen LogP contribution >= 0.6 is 11.6 Å². The lowest BCUT2D eigenvalue weighted by molar-refractivity contribution is -0.385. The van der Waals surface area contributed by atoms with E-state index >= 15 is 0 Å². The zero-order valence-electron chi connectivity index (χ0n) is 11.2. The molecule has 1 aliphatic heterocycles. The third-order valence-electron chi connectivity index (χ3n) is 3.05. The van der Waals surface area contributed by atoms with Crippen LogP contribution in [0.15, 0.2) is 17.7 Å². The lowest BCUT2D eigenvalue weighted by Crippen LogP contribution is -2.43. The van der Waals surface area contributed by atoms with Crippen LogP contribution in [0.4, 0.5) is 11.4 Å². The van der Waals surface area contributed by atoms with Crippen molar-refractivity contribution in [2.75, 3.05) is 5.06 Å². The fraction of sp³-hybridized carbons (Fsp3) is 0.182. The molecule has 1 aliphatic rings. The van der Waals surface area contributed by atoms with Crippen molar-refractivity contribution in [3.63, 3.8) is 0 Å². The number of nitrogens with zero attached hydrogens (tertiary/aromatic N) is 2. The summed E-state index contributed by atoms with van der Waals surface area (Å²) in [6.07, 6.45) is 0. The molecule has 12 heteroatoms. The highest BCUT2D eigenvalue weighted by molar-refractivity contribution is 7.80. The minimum absolute atomic E-state index is 0.251. The number of rotatable bonds is 3. The quantitative estimate of drug-likeness (QED) is 0.275. The minimum atomic E-state index is -5.06. The Hall–Kier alpha value is -2.30. The molecule has 122 valence electrons. The van der Waals surface area contributed by atoms with Crippen molar-refractivity contribution in [1.82, 2.24) is 0 Å². The van der Waals surface area contributed by atoms with Gasteiger partial charge in [-0.1, -0.05) is 11.6 Å². The van der Waals surface area contributed by atoms with E-state index in [1.807, 2.05) is 0 Å². The summed E-state index contributed by atoms with van der Waals surface area (Å²) in [6.45, 7) is 1.20. The Morgan fingerprint density at radius 3 is 2.57 bits per heavy atom. The molecule has 0 amide bonds. The summed E-state index contributed by atoms with van der Waals surface area (Å²) < 4.78 is 35.1. The number of carbonyl (C=O) groups is 1. The standard InChI is InChI=1S/C11H7ClN2O8S/c1-5-6(4-15)11(16)9-8(14(17)18)3-2-7(12)10(9)13(5)22-23(19,20)21/h2-3,5H,1H3,(H,19,20,21). The number of fused-ring (bicyclic) bond motifs is 1. The van der Waals surface area contributed by atoms with E-state index in [0.717, 1.165) is 12.1 Å². The molecule has 0 aromatic heterocycles. The lowest BCUT2D eigenvalue weighted by Gasteiger charge is -2.33. The monoisotopic (exact) mass is 362 g/mol. The number of carbonyl (C=O) groups excluding carboxylic acids is 2. The van der Waals surface area contributed by atoms with Crippen molar-refractivity contribution >= 4 is 45.1 Å². The van der Waals surface area contributed by atoms with E-state index in [9.17, 15) is 28.1 Å². The molecule has 10 nitrogen and oxygen atoms in total. The Labute approximate surface area is 134 Å². The van der Waals surface area contributed by atoms with Crippen molar-refractivity contribution < 1.29 is 31.8 Å². The minimum Gasteiger partial charge on any atom is -0.288 e. The lowest BCUT2D eigenvalue weighted by atomic mass is 9.91. The van der Waals surface area contributed by atoms with Crippen LogP contribution in [0.5, 0.6) is 0 Å². The fourth-order valence-corrected chi connectivity index (χ4v) is 2.76. The zero-order valence-corrected chi connectivity index (χ0v) is 12.8. The molecular formula is C11H7ClN2O8S. The van der Waals surface area contributed by atoms with Gasteiger partial charge in [0.05, 0.1) is 16.0 Å². The largest absolute Gasteiger partial charge is 0.418 e. The van der Waals surface area contributed by atoms with Gasteiger partial charge in [-0.2, -0.15) is 8.42 Å². The van der Waals surface area contributed by atoms with E-state index in [4.69, 9.17) is 16.2 Å². The number of benzene rings is 1. The molecule has 0 saturated carbocycles. The van der Waals surface area contributed by atoms with Crippen molar-refractivity contribution in [3.05, 3.63) is 38.4 Å². The normalized spacial score (nSPS) is 17.7. The van der Waals surface area contributed by atoms with Crippen LogP contribution in [0.3, 0.4) is 0 Å². The molecule has 1 atom stereocenters. The van der Waals surface area contributed by atoms with Crippen molar-refractivity contribution in [1.29, 1.82) is 0 Å². The predicted octanol–water partition coefficient (Wildman–Crippen LogP) is 1.13. The van der Waals surface area contributed by atoms with Gasteiger partial charge in [0.25, 0.3) is 5.69 Å². The van der Waals surface area contributed by atoms with Gasteiger partial charge in [0.15, 0.2) is 0 Å². The van der Waals surface area contributed by atoms with E-state index in [-0.39, 0.29) is 5.02 Å². The highest BCUT2D eigenvalue weighted by atomic mass is 35.5. The van der Waals surface area contributed by atoms with Gasteiger partial charge in [-0.15, -0.1) is 4.28 Å². The molecule has 0 saturated heterocycles. The molecule has 0 bridgehead atoms. The van der Waals surface area contributed by atoms with Crippen molar-refractivity contribution in [2.24, 2.45) is 0 Å². The fourth-order valence-electron chi connectivity index (χ4n) is 2.12. The van der Waals surface area contributed by atoms with Gasteiger partial charge < -0.3 is 0 Å². The number of halogens is 1. The maximum Gasteiger partial charge on any atom is 0.418 e. The molecule has 0 spiro atoms. The third kappa shape index (κ3) is 2.96. The summed E-state index contributed by atoms with van der Waals surface area (Å²) in [5, 5.41) is 11.3. The molecule has 1 N–H and O–H groups in total. The van der Waals surface area contributed by atoms with Gasteiger partial charge in [0.1, 0.15) is 22.8 Å². The first-order valence-electron chi connectivity index (χ1n) is 5.81. The Morgan fingerprint density at radius 2 is 2.09 bits per heavy atom. The third-order valence-corrected chi connectivity index (χ3v) is 3.70. The topological polar surface area (TPSA) is 144 Å². The van der Waals surface area contributed by atoms with E-state index in [1.165, 1.54) is 12.9 Å². The first kappa shape index (κ1) is 17.1. The smallest absolute Gasteiger partial charge is 0.288 e. The van der Waals surface area contributed by atoms with Crippen LogP contribution in [0.2, 0.25) is 5.02 Å². The second-order valence-electron chi connectivity index (χ2n) is 4.40. The van der Waals surface area contributed by atoms with Crippen LogP contribution in [0.1, 0.15) is 17.3 Å². The summed E-state index contributed by atoms with van der Waals surface area (Å²) in [4.78, 5) is 33.4. The molecule has 0 fully saturated rings. The predicted molar refractivity (Wildman–Crippen MR) is 76.2 cm³/mol. The van der Waals surface area contributed by atoms with E-state index in [1.54, 1.807) is 0 Å². The number of anilines is 1. The Kier molecular flexibility index (Phi) is 4.24. The van der Waals surface area contributed by atoms with Crippen molar-refractivity contribution in [2.45, 2.75) is 13.0 Å². The number of hydroxylamine groups is 1. The van der Waals surface area contributed by atoms with E-state index < -0.39 is 49.7 Å². The van der Waals surface area contributed by atoms with E-state index in [2.05, 4.69) is 4.28 Å². The number of nitro groups is 1. The number of Topliss-reactive ketones (excluding diaryl/α,β-unsaturated/α-hetero) is 1. The highest BCUT2D eigenvalue weighted by Gasteiger charge is 2.43. The summed E-state index contributed by atoms with van der Waals surface area (Å²) in [5.41, 5.74) is -2.41. The van der Waals surface area contributed by atoms with Crippen LogP contribution in [-0.4, -0.2) is 35.7 Å². The number of nitro benzene ring substituents is 1. The molecule has 2 rings (SSSR count). The Balaban J connectivity index is 2.87. The zero-order chi connectivity index (χ0) is 17.5. The maximum absolute atomic E-state index is 12.3. The number of ketones is 1. The molecule has 1 aromatic carbocycles.